The Bertz CT molecular complexity index is 1080. The Labute approximate surface area is 199 Å². The van der Waals surface area contributed by atoms with E-state index in [0.717, 1.165) is 30.0 Å². The molecule has 2 aromatic rings. The second-order valence-electron chi connectivity index (χ2n) is 7.97. The maximum Gasteiger partial charge on any atom is 0.344 e. The molecule has 33 heavy (non-hydrogen) atoms. The van der Waals surface area contributed by atoms with E-state index >= 15 is 0 Å². The number of benzene rings is 1. The van der Waals surface area contributed by atoms with Crippen LogP contribution in [0.25, 0.3) is 0 Å². The fourth-order valence-electron chi connectivity index (χ4n) is 3.97. The molecule has 4 rings (SSSR count). The van der Waals surface area contributed by atoms with Gasteiger partial charge in [-0.15, -0.1) is 23.1 Å². The fraction of sp³-hybridized carbons (Fsp3) is 0.409. The SMILES string of the molecule is Cc1nc(CSc2ccccc2C(=O)OCC(=O)NN2C(=O)NC3(CCCCC3)C2=O)cs1. The van der Waals surface area contributed by atoms with Crippen molar-refractivity contribution in [2.24, 2.45) is 0 Å². The minimum absolute atomic E-state index is 0.332. The zero-order valence-electron chi connectivity index (χ0n) is 18.1. The molecule has 0 bridgehead atoms. The maximum atomic E-state index is 12.7. The van der Waals surface area contributed by atoms with Crippen LogP contribution in [-0.2, 0) is 20.1 Å². The highest BCUT2D eigenvalue weighted by Crippen LogP contribution is 2.33. The van der Waals surface area contributed by atoms with Crippen LogP contribution in [-0.4, -0.2) is 46.0 Å². The summed E-state index contributed by atoms with van der Waals surface area (Å²) >= 11 is 3.02. The topological polar surface area (TPSA) is 118 Å². The Morgan fingerprint density at radius 2 is 2.00 bits per heavy atom. The second-order valence-corrected chi connectivity index (χ2v) is 10.0. The minimum Gasteiger partial charge on any atom is -0.452 e. The Hall–Kier alpha value is -2.92. The molecule has 9 nitrogen and oxygen atoms in total. The molecule has 1 aliphatic carbocycles. The number of nitrogens with one attached hydrogen (secondary N) is 2. The number of carbonyl (C=O) groups excluding carboxylic acids is 4. The number of thiazole rings is 1. The average molecular weight is 489 g/mol. The van der Waals surface area contributed by atoms with E-state index in [1.54, 1.807) is 29.5 Å². The van der Waals surface area contributed by atoms with E-state index in [0.29, 0.717) is 34.1 Å². The third-order valence-corrected chi connectivity index (χ3v) is 7.52. The lowest BCUT2D eigenvalue weighted by molar-refractivity contribution is -0.140. The summed E-state index contributed by atoms with van der Waals surface area (Å²) in [7, 11) is 0. The molecule has 1 aromatic heterocycles. The van der Waals surface area contributed by atoms with E-state index in [4.69, 9.17) is 4.74 Å². The molecule has 1 spiro atoms. The van der Waals surface area contributed by atoms with Gasteiger partial charge in [0.25, 0.3) is 11.8 Å². The summed E-state index contributed by atoms with van der Waals surface area (Å²) in [5.41, 5.74) is 2.58. The van der Waals surface area contributed by atoms with Crippen LogP contribution in [0, 0.1) is 6.92 Å². The largest absolute Gasteiger partial charge is 0.452 e. The van der Waals surface area contributed by atoms with E-state index in [1.165, 1.54) is 11.8 Å². The predicted molar refractivity (Wildman–Crippen MR) is 122 cm³/mol. The molecule has 1 aromatic carbocycles. The molecular weight excluding hydrogens is 464 g/mol. The number of amides is 4. The first kappa shape index (κ1) is 23.2. The van der Waals surface area contributed by atoms with Crippen molar-refractivity contribution < 1.29 is 23.9 Å². The number of aromatic nitrogens is 1. The van der Waals surface area contributed by atoms with Gasteiger partial charge in [-0.1, -0.05) is 31.4 Å². The van der Waals surface area contributed by atoms with Crippen LogP contribution in [0.1, 0.15) is 53.2 Å². The number of thioether (sulfide) groups is 1. The van der Waals surface area contributed by atoms with Gasteiger partial charge in [-0.2, -0.15) is 5.01 Å². The van der Waals surface area contributed by atoms with Gasteiger partial charge in [0.2, 0.25) is 0 Å². The summed E-state index contributed by atoms with van der Waals surface area (Å²) in [6, 6.07) is 6.29. The number of nitrogens with zero attached hydrogens (tertiary/aromatic N) is 2. The lowest BCUT2D eigenvalue weighted by Gasteiger charge is -2.30. The first-order valence-corrected chi connectivity index (χ1v) is 12.5. The number of hydrogen-bond donors (Lipinski definition) is 2. The number of urea groups is 1. The number of ether oxygens (including phenoxy) is 1. The van der Waals surface area contributed by atoms with Crippen LogP contribution in [0.15, 0.2) is 34.5 Å². The van der Waals surface area contributed by atoms with Crippen molar-refractivity contribution in [1.82, 2.24) is 20.7 Å². The fourth-order valence-corrected chi connectivity index (χ4v) is 5.62. The molecule has 11 heteroatoms. The first-order chi connectivity index (χ1) is 15.9. The molecule has 2 aliphatic rings. The van der Waals surface area contributed by atoms with Crippen molar-refractivity contribution in [3.05, 3.63) is 45.9 Å². The van der Waals surface area contributed by atoms with Gasteiger partial charge in [0.1, 0.15) is 5.54 Å². The third-order valence-electron chi connectivity index (χ3n) is 5.59. The van der Waals surface area contributed by atoms with Crippen molar-refractivity contribution in [3.63, 3.8) is 0 Å². The highest BCUT2D eigenvalue weighted by Gasteiger charge is 2.52. The molecule has 174 valence electrons. The van der Waals surface area contributed by atoms with Gasteiger partial charge in [0.15, 0.2) is 6.61 Å². The predicted octanol–water partition coefficient (Wildman–Crippen LogP) is 3.19. The molecule has 2 N–H and O–H groups in total. The number of carbonyl (C=O) groups is 4. The van der Waals surface area contributed by atoms with Gasteiger partial charge in [-0.25, -0.2) is 14.6 Å². The Balaban J connectivity index is 1.32. The van der Waals surface area contributed by atoms with Crippen LogP contribution in [0.4, 0.5) is 4.79 Å². The van der Waals surface area contributed by atoms with E-state index in [1.807, 2.05) is 18.4 Å². The molecule has 1 saturated heterocycles. The van der Waals surface area contributed by atoms with Crippen LogP contribution in [0.2, 0.25) is 0 Å². The van der Waals surface area contributed by atoms with Crippen LogP contribution in [0.5, 0.6) is 0 Å². The molecule has 0 radical (unpaired) electrons. The number of esters is 1. The normalized spacial score (nSPS) is 17.2. The third kappa shape index (κ3) is 5.19. The van der Waals surface area contributed by atoms with Crippen molar-refractivity contribution in [1.29, 1.82) is 0 Å². The summed E-state index contributed by atoms with van der Waals surface area (Å²) in [4.78, 5) is 55.0. The molecule has 4 amide bonds. The molecule has 1 aliphatic heterocycles. The Kier molecular flexibility index (Phi) is 6.99. The van der Waals surface area contributed by atoms with Crippen LogP contribution >= 0.6 is 23.1 Å². The molecule has 2 heterocycles. The zero-order chi connectivity index (χ0) is 23.4. The molecule has 0 atom stereocenters. The van der Waals surface area contributed by atoms with Crippen molar-refractivity contribution in [3.8, 4) is 0 Å². The summed E-state index contributed by atoms with van der Waals surface area (Å²) in [6.07, 6.45) is 3.79. The lowest BCUT2D eigenvalue weighted by Crippen LogP contribution is -2.51. The first-order valence-electron chi connectivity index (χ1n) is 10.6. The van der Waals surface area contributed by atoms with Gasteiger partial charge < -0.3 is 10.1 Å². The molecule has 0 unspecified atom stereocenters. The van der Waals surface area contributed by atoms with Gasteiger partial charge in [0.05, 0.1) is 16.3 Å². The Morgan fingerprint density at radius 1 is 1.24 bits per heavy atom. The quantitative estimate of drug-likeness (QED) is 0.349. The number of imide groups is 1. The number of hydrazine groups is 1. The number of hydrogen-bond acceptors (Lipinski definition) is 8. The minimum atomic E-state index is -0.939. The number of rotatable bonds is 7. The monoisotopic (exact) mass is 488 g/mol. The van der Waals surface area contributed by atoms with E-state index in [2.05, 4.69) is 15.7 Å². The average Bonchev–Trinajstić information content (AvgIpc) is 3.33. The maximum absolute atomic E-state index is 12.7. The molecule has 1 saturated carbocycles. The van der Waals surface area contributed by atoms with Crippen molar-refractivity contribution in [2.75, 3.05) is 6.61 Å². The van der Waals surface area contributed by atoms with E-state index in [9.17, 15) is 19.2 Å². The summed E-state index contributed by atoms with van der Waals surface area (Å²) in [5.74, 6) is -1.29. The highest BCUT2D eigenvalue weighted by atomic mass is 32.2. The van der Waals surface area contributed by atoms with Gasteiger partial charge in [0, 0.05) is 16.0 Å². The molecular formula is C22H24N4O5S2. The number of aryl methyl sites for hydroxylation is 1. The lowest BCUT2D eigenvalue weighted by atomic mass is 9.82. The Morgan fingerprint density at radius 3 is 2.73 bits per heavy atom. The standard InChI is InChI=1S/C22H24N4O5S2/c1-14-23-15(12-32-14)13-33-17-8-4-3-7-16(17)19(28)31-11-18(27)25-26-20(29)22(24-21(26)30)9-5-2-6-10-22/h3-4,7-8,12H,2,5-6,9-11,13H2,1H3,(H,24,30)(H,25,27). The smallest absolute Gasteiger partial charge is 0.344 e. The van der Waals surface area contributed by atoms with Crippen molar-refractivity contribution >= 4 is 46.9 Å². The van der Waals surface area contributed by atoms with Crippen LogP contribution < -0.4 is 10.7 Å². The van der Waals surface area contributed by atoms with Crippen LogP contribution in [0.3, 0.4) is 0 Å². The zero-order valence-corrected chi connectivity index (χ0v) is 19.7. The van der Waals surface area contributed by atoms with Crippen molar-refractivity contribution in [2.45, 2.75) is 55.2 Å². The van der Waals surface area contributed by atoms with Gasteiger partial charge in [-0.05, 0) is 31.9 Å². The second kappa shape index (κ2) is 9.92. The van der Waals surface area contributed by atoms with E-state index < -0.39 is 36.0 Å². The summed E-state index contributed by atoms with van der Waals surface area (Å²) in [5, 5.41) is 6.35. The van der Waals surface area contributed by atoms with Gasteiger partial charge in [-0.3, -0.25) is 15.0 Å². The molecule has 2 fully saturated rings. The summed E-state index contributed by atoms with van der Waals surface area (Å²) < 4.78 is 5.16. The van der Waals surface area contributed by atoms with Gasteiger partial charge >= 0.3 is 12.0 Å². The highest BCUT2D eigenvalue weighted by molar-refractivity contribution is 7.98. The summed E-state index contributed by atoms with van der Waals surface area (Å²) in [6.45, 7) is 1.32. The van der Waals surface area contributed by atoms with E-state index in [-0.39, 0.29) is 0 Å².